The summed E-state index contributed by atoms with van der Waals surface area (Å²) in [7, 11) is 0. The monoisotopic (exact) mass is 428 g/mol. The molecule has 3 amide bonds. The van der Waals surface area contributed by atoms with Gasteiger partial charge in [-0.15, -0.1) is 0 Å². The number of hydrogen-bond acceptors (Lipinski definition) is 5. The smallest absolute Gasteiger partial charge is 0.329 e. The van der Waals surface area contributed by atoms with E-state index in [1.54, 1.807) is 60.7 Å². The number of fused-ring (bicyclic) bond motifs is 1. The van der Waals surface area contributed by atoms with Crippen molar-refractivity contribution in [2.45, 2.75) is 19.6 Å². The molecule has 7 nitrogen and oxygen atoms in total. The summed E-state index contributed by atoms with van der Waals surface area (Å²) in [6.45, 7) is 1.41. The van der Waals surface area contributed by atoms with E-state index >= 15 is 0 Å². The average Bonchev–Trinajstić information content (AvgIpc) is 3.08. The highest BCUT2D eigenvalue weighted by molar-refractivity contribution is 6.22. The fraction of sp³-hybridized carbons (Fsp3) is 0.120. The summed E-state index contributed by atoms with van der Waals surface area (Å²) in [6.07, 6.45) is 0. The van der Waals surface area contributed by atoms with Gasteiger partial charge in [0, 0.05) is 11.3 Å². The molecule has 0 spiro atoms. The van der Waals surface area contributed by atoms with Crippen molar-refractivity contribution in [3.63, 3.8) is 0 Å². The van der Waals surface area contributed by atoms with Gasteiger partial charge in [-0.2, -0.15) is 0 Å². The van der Waals surface area contributed by atoms with Crippen LogP contribution in [0.2, 0.25) is 0 Å². The number of para-hydroxylation sites is 1. The molecule has 1 heterocycles. The number of carbonyl (C=O) groups is 4. The van der Waals surface area contributed by atoms with Crippen molar-refractivity contribution in [1.82, 2.24) is 4.90 Å². The Hall–Kier alpha value is -4.26. The molecule has 1 aliphatic heterocycles. The van der Waals surface area contributed by atoms with Crippen molar-refractivity contribution in [3.8, 4) is 0 Å². The highest BCUT2D eigenvalue weighted by atomic mass is 16.5. The summed E-state index contributed by atoms with van der Waals surface area (Å²) < 4.78 is 5.31. The van der Waals surface area contributed by atoms with Crippen molar-refractivity contribution in [1.29, 1.82) is 0 Å². The van der Waals surface area contributed by atoms with Gasteiger partial charge in [0.25, 0.3) is 17.7 Å². The molecule has 1 unspecified atom stereocenters. The van der Waals surface area contributed by atoms with Gasteiger partial charge in [0.05, 0.1) is 11.1 Å². The highest BCUT2D eigenvalue weighted by Crippen LogP contribution is 2.25. The van der Waals surface area contributed by atoms with Crippen LogP contribution < -0.4 is 5.32 Å². The summed E-state index contributed by atoms with van der Waals surface area (Å²) in [4.78, 5) is 50.8. The van der Waals surface area contributed by atoms with Crippen LogP contribution in [0.15, 0.2) is 78.9 Å². The van der Waals surface area contributed by atoms with E-state index in [2.05, 4.69) is 5.32 Å². The van der Waals surface area contributed by atoms with Crippen LogP contribution in [0, 0.1) is 0 Å². The van der Waals surface area contributed by atoms with E-state index in [4.69, 9.17) is 4.74 Å². The number of ether oxygens (including phenoxy) is 1. The first kappa shape index (κ1) is 21.0. The van der Waals surface area contributed by atoms with Gasteiger partial charge in [0.1, 0.15) is 12.6 Å². The van der Waals surface area contributed by atoms with Crippen molar-refractivity contribution >= 4 is 29.4 Å². The van der Waals surface area contributed by atoms with E-state index in [1.807, 2.05) is 18.2 Å². The highest BCUT2D eigenvalue weighted by Gasteiger charge is 2.41. The van der Waals surface area contributed by atoms with Crippen LogP contribution in [0.3, 0.4) is 0 Å². The van der Waals surface area contributed by atoms with E-state index in [0.29, 0.717) is 16.8 Å². The van der Waals surface area contributed by atoms with Gasteiger partial charge >= 0.3 is 5.97 Å². The van der Waals surface area contributed by atoms with E-state index in [-0.39, 0.29) is 23.6 Å². The zero-order valence-electron chi connectivity index (χ0n) is 17.3. The van der Waals surface area contributed by atoms with Gasteiger partial charge in [0.15, 0.2) is 0 Å². The van der Waals surface area contributed by atoms with Gasteiger partial charge in [-0.3, -0.25) is 19.3 Å². The normalized spacial score (nSPS) is 13.5. The Balaban J connectivity index is 1.34. The second-order valence-electron chi connectivity index (χ2n) is 7.33. The molecule has 1 N–H and O–H groups in total. The summed E-state index contributed by atoms with van der Waals surface area (Å²) in [6, 6.07) is 21.1. The molecule has 0 radical (unpaired) electrons. The number of hydrogen-bond donors (Lipinski definition) is 1. The molecular weight excluding hydrogens is 408 g/mol. The topological polar surface area (TPSA) is 92.8 Å². The molecule has 0 saturated carbocycles. The van der Waals surface area contributed by atoms with Crippen LogP contribution in [0.4, 0.5) is 5.69 Å². The molecule has 0 aliphatic carbocycles. The predicted molar refractivity (Wildman–Crippen MR) is 117 cm³/mol. The first-order valence-electron chi connectivity index (χ1n) is 10.0. The SMILES string of the molecule is CC(C(=O)OCc1ccc(C(=O)Nc2ccccc2)cc1)N1C(=O)c2ccccc2C1=O. The molecule has 0 fully saturated rings. The third-order valence-corrected chi connectivity index (χ3v) is 5.18. The number of rotatable bonds is 6. The van der Waals surface area contributed by atoms with Crippen LogP contribution in [-0.4, -0.2) is 34.6 Å². The van der Waals surface area contributed by atoms with Gasteiger partial charge < -0.3 is 10.1 Å². The number of benzene rings is 3. The number of nitrogens with one attached hydrogen (secondary N) is 1. The lowest BCUT2D eigenvalue weighted by Crippen LogP contribution is -2.43. The fourth-order valence-electron chi connectivity index (χ4n) is 3.42. The van der Waals surface area contributed by atoms with Crippen LogP contribution >= 0.6 is 0 Å². The first-order chi connectivity index (χ1) is 15.5. The molecule has 3 aromatic rings. The zero-order chi connectivity index (χ0) is 22.7. The maximum absolute atomic E-state index is 12.5. The van der Waals surface area contributed by atoms with E-state index in [9.17, 15) is 19.2 Å². The predicted octanol–water partition coefficient (Wildman–Crippen LogP) is 3.67. The number of nitrogens with zero attached hydrogens (tertiary/aromatic N) is 1. The summed E-state index contributed by atoms with van der Waals surface area (Å²) in [5, 5.41) is 2.80. The third kappa shape index (κ3) is 4.13. The molecule has 7 heteroatoms. The minimum absolute atomic E-state index is 0.0487. The van der Waals surface area contributed by atoms with Gasteiger partial charge in [-0.25, -0.2) is 4.79 Å². The number of esters is 1. The Morgan fingerprint density at radius 3 is 2.00 bits per heavy atom. The molecule has 0 bridgehead atoms. The molecule has 1 aliphatic rings. The van der Waals surface area contributed by atoms with E-state index < -0.39 is 23.8 Å². The molecular formula is C25H20N2O5. The van der Waals surface area contributed by atoms with Crippen molar-refractivity contribution in [2.24, 2.45) is 0 Å². The quantitative estimate of drug-likeness (QED) is 0.478. The van der Waals surface area contributed by atoms with Gasteiger partial charge in [-0.05, 0) is 48.9 Å². The summed E-state index contributed by atoms with van der Waals surface area (Å²) in [5.74, 6) is -1.96. The second-order valence-corrected chi connectivity index (χ2v) is 7.33. The Morgan fingerprint density at radius 1 is 0.844 bits per heavy atom. The molecule has 3 aromatic carbocycles. The van der Waals surface area contributed by atoms with Crippen LogP contribution in [0.25, 0.3) is 0 Å². The van der Waals surface area contributed by atoms with E-state index in [0.717, 1.165) is 4.90 Å². The van der Waals surface area contributed by atoms with Gasteiger partial charge in [-0.1, -0.05) is 42.5 Å². The van der Waals surface area contributed by atoms with Crippen molar-refractivity contribution in [3.05, 3.63) is 101 Å². The lowest BCUT2D eigenvalue weighted by atomic mass is 10.1. The van der Waals surface area contributed by atoms with Crippen molar-refractivity contribution in [2.75, 3.05) is 5.32 Å². The van der Waals surface area contributed by atoms with Crippen LogP contribution in [-0.2, 0) is 16.1 Å². The summed E-state index contributed by atoms with van der Waals surface area (Å²) >= 11 is 0. The molecule has 4 rings (SSSR count). The van der Waals surface area contributed by atoms with Gasteiger partial charge in [0.2, 0.25) is 0 Å². The minimum atomic E-state index is -1.06. The zero-order valence-corrected chi connectivity index (χ0v) is 17.3. The lowest BCUT2D eigenvalue weighted by Gasteiger charge is -2.21. The molecule has 0 saturated heterocycles. The standard InChI is InChI=1S/C25H20N2O5/c1-16(27-23(29)20-9-5-6-10-21(20)24(27)30)25(31)32-15-17-11-13-18(14-12-17)22(28)26-19-7-3-2-4-8-19/h2-14,16H,15H2,1H3,(H,26,28). The Morgan fingerprint density at radius 2 is 1.41 bits per heavy atom. The molecule has 0 aromatic heterocycles. The Bertz CT molecular complexity index is 1150. The Kier molecular flexibility index (Phi) is 5.81. The minimum Gasteiger partial charge on any atom is -0.459 e. The molecule has 32 heavy (non-hydrogen) atoms. The van der Waals surface area contributed by atoms with Crippen LogP contribution in [0.1, 0.15) is 43.6 Å². The number of anilines is 1. The summed E-state index contributed by atoms with van der Waals surface area (Å²) in [5.41, 5.74) is 2.38. The lowest BCUT2D eigenvalue weighted by molar-refractivity contribution is -0.149. The number of imide groups is 1. The number of amides is 3. The maximum Gasteiger partial charge on any atom is 0.329 e. The second kappa shape index (κ2) is 8.85. The fourth-order valence-corrected chi connectivity index (χ4v) is 3.42. The number of carbonyl (C=O) groups excluding carboxylic acids is 4. The maximum atomic E-state index is 12.5. The first-order valence-corrected chi connectivity index (χ1v) is 10.0. The van der Waals surface area contributed by atoms with Crippen LogP contribution in [0.5, 0.6) is 0 Å². The average molecular weight is 428 g/mol. The van der Waals surface area contributed by atoms with Crippen molar-refractivity contribution < 1.29 is 23.9 Å². The largest absolute Gasteiger partial charge is 0.459 e. The van der Waals surface area contributed by atoms with E-state index in [1.165, 1.54) is 6.92 Å². The Labute approximate surface area is 184 Å². The third-order valence-electron chi connectivity index (χ3n) is 5.18. The molecule has 1 atom stereocenters. The molecule has 160 valence electrons.